The summed E-state index contributed by atoms with van der Waals surface area (Å²) in [5, 5.41) is 5.42. The summed E-state index contributed by atoms with van der Waals surface area (Å²) in [5.74, 6) is -2.08. The van der Waals surface area contributed by atoms with E-state index in [4.69, 9.17) is 4.74 Å². The smallest absolute Gasteiger partial charge is 0.265 e. The Hall–Kier alpha value is -5.46. The maximum Gasteiger partial charge on any atom is 0.265 e. The molecular formula is C39H33F2N5O4S. The highest BCUT2D eigenvalue weighted by Gasteiger charge is 2.45. The van der Waals surface area contributed by atoms with E-state index in [0.29, 0.717) is 28.4 Å². The molecule has 3 aliphatic rings. The summed E-state index contributed by atoms with van der Waals surface area (Å²) in [5.41, 5.74) is 2.92. The van der Waals surface area contributed by atoms with E-state index in [1.165, 1.54) is 40.5 Å². The number of para-hydroxylation sites is 2. The molecule has 1 spiro atoms. The first kappa shape index (κ1) is 32.7. The molecule has 3 aromatic carbocycles. The lowest BCUT2D eigenvalue weighted by molar-refractivity contribution is -0.000510. The van der Waals surface area contributed by atoms with E-state index < -0.39 is 29.4 Å². The third-order valence-corrected chi connectivity index (χ3v) is 11.0. The Balaban J connectivity index is 0.987. The largest absolute Gasteiger partial charge is 0.381 e. The number of nitrogens with one attached hydrogen (secondary N) is 2. The minimum Gasteiger partial charge on any atom is -0.381 e. The molecule has 0 bridgehead atoms. The van der Waals surface area contributed by atoms with Crippen LogP contribution in [0.2, 0.25) is 0 Å². The maximum absolute atomic E-state index is 15.7. The van der Waals surface area contributed by atoms with Gasteiger partial charge in [0.05, 0.1) is 27.4 Å². The number of rotatable bonds is 6. The predicted octanol–water partition coefficient (Wildman–Crippen LogP) is 7.41. The highest BCUT2D eigenvalue weighted by Crippen LogP contribution is 2.43. The normalized spacial score (nSPS) is 16.0. The van der Waals surface area contributed by atoms with Gasteiger partial charge in [-0.25, -0.2) is 13.8 Å². The Morgan fingerprint density at radius 1 is 0.824 bits per heavy atom. The number of hydrogen-bond donors (Lipinski definition) is 2. The van der Waals surface area contributed by atoms with Gasteiger partial charge in [-0.05, 0) is 79.4 Å². The highest BCUT2D eigenvalue weighted by molar-refractivity contribution is 7.17. The number of fused-ring (bicyclic) bond motifs is 3. The summed E-state index contributed by atoms with van der Waals surface area (Å²) in [6.07, 6.45) is 4.04. The Bertz CT molecular complexity index is 2170. The summed E-state index contributed by atoms with van der Waals surface area (Å²) >= 11 is 1.26. The standard InChI is InChI=1S/C39H33F2N5O4S/c40-29-8-2-3-9-31(29)44-37(48)33-20-24-13-17-46(32-10-4-1-6-27(32)34(24)51-33)38(49)26-12-11-25(21-30(26)41)43-36(47)28-7-5-16-42-35(28)45-22-39(23-45)14-18-50-19-15-39/h1-12,16,20-21H,13-15,17-19,22-23H2,(H,43,47)(H,44,48). The zero-order valence-corrected chi connectivity index (χ0v) is 28.3. The van der Waals surface area contributed by atoms with Gasteiger partial charge in [-0.15, -0.1) is 11.3 Å². The van der Waals surface area contributed by atoms with E-state index >= 15 is 4.39 Å². The van der Waals surface area contributed by atoms with Gasteiger partial charge in [0.25, 0.3) is 17.7 Å². The highest BCUT2D eigenvalue weighted by atomic mass is 32.1. The Morgan fingerprint density at radius 3 is 2.41 bits per heavy atom. The Kier molecular flexibility index (Phi) is 8.56. The van der Waals surface area contributed by atoms with E-state index in [-0.39, 0.29) is 28.9 Å². The number of anilines is 4. The molecule has 2 saturated heterocycles. The summed E-state index contributed by atoms with van der Waals surface area (Å²) < 4.78 is 35.4. The van der Waals surface area contributed by atoms with Gasteiger partial charge >= 0.3 is 0 Å². The minimum absolute atomic E-state index is 0.0907. The Labute approximate surface area is 296 Å². The van der Waals surface area contributed by atoms with E-state index in [9.17, 15) is 18.8 Å². The van der Waals surface area contributed by atoms with Crippen molar-refractivity contribution in [3.63, 3.8) is 0 Å². The van der Waals surface area contributed by atoms with Gasteiger partial charge in [0.15, 0.2) is 0 Å². The summed E-state index contributed by atoms with van der Waals surface area (Å²) in [6, 6.07) is 22.5. The van der Waals surface area contributed by atoms with E-state index in [1.54, 1.807) is 48.7 Å². The van der Waals surface area contributed by atoms with Crippen LogP contribution < -0.4 is 20.4 Å². The van der Waals surface area contributed by atoms with Crippen LogP contribution in [-0.4, -0.2) is 55.6 Å². The molecule has 5 aromatic rings. The number of pyridine rings is 1. The number of benzene rings is 3. The minimum atomic E-state index is -0.767. The van der Waals surface area contributed by atoms with Crippen LogP contribution in [0.15, 0.2) is 91.1 Å². The quantitative estimate of drug-likeness (QED) is 0.191. The predicted molar refractivity (Wildman–Crippen MR) is 193 cm³/mol. The average molecular weight is 706 g/mol. The fourth-order valence-corrected chi connectivity index (χ4v) is 8.28. The van der Waals surface area contributed by atoms with Gasteiger partial charge in [0, 0.05) is 60.6 Å². The van der Waals surface area contributed by atoms with Crippen molar-refractivity contribution in [2.75, 3.05) is 53.3 Å². The van der Waals surface area contributed by atoms with Crippen LogP contribution >= 0.6 is 11.3 Å². The first-order chi connectivity index (χ1) is 24.8. The first-order valence-corrected chi connectivity index (χ1v) is 17.6. The second kappa shape index (κ2) is 13.3. The summed E-state index contributed by atoms with van der Waals surface area (Å²) in [6.45, 7) is 3.33. The van der Waals surface area contributed by atoms with Crippen molar-refractivity contribution < 1.29 is 27.9 Å². The van der Waals surface area contributed by atoms with Crippen LogP contribution in [0.3, 0.4) is 0 Å². The number of amides is 3. The molecule has 2 N–H and O–H groups in total. The molecule has 0 aliphatic carbocycles. The van der Waals surface area contributed by atoms with Gasteiger partial charge in [0.1, 0.15) is 17.5 Å². The lowest BCUT2D eigenvalue weighted by Crippen LogP contribution is -2.59. The van der Waals surface area contributed by atoms with Crippen molar-refractivity contribution in [2.45, 2.75) is 19.3 Å². The molecule has 3 amide bonds. The lowest BCUT2D eigenvalue weighted by atomic mass is 9.73. The number of carbonyl (C=O) groups is 3. The molecule has 51 heavy (non-hydrogen) atoms. The number of nitrogens with zero attached hydrogens (tertiary/aromatic N) is 3. The maximum atomic E-state index is 15.7. The number of halogens is 2. The molecule has 0 unspecified atom stereocenters. The van der Waals surface area contributed by atoms with Crippen molar-refractivity contribution in [1.29, 1.82) is 0 Å². The molecule has 0 saturated carbocycles. The second-order valence-corrected chi connectivity index (χ2v) is 14.2. The first-order valence-electron chi connectivity index (χ1n) is 16.8. The molecule has 9 nitrogen and oxygen atoms in total. The van der Waals surface area contributed by atoms with Crippen LogP contribution in [0.4, 0.5) is 31.7 Å². The molecule has 0 radical (unpaired) electrons. The van der Waals surface area contributed by atoms with Gasteiger partial charge in [-0.3, -0.25) is 14.4 Å². The molecule has 2 aromatic heterocycles. The average Bonchev–Trinajstić information content (AvgIpc) is 3.50. The zero-order valence-electron chi connectivity index (χ0n) is 27.5. The SMILES string of the molecule is O=C(Nc1ccccc1F)c1cc2c(s1)-c1ccccc1N(C(=O)c1ccc(NC(=O)c3cccnc3N3CC4(CCOCC4)C3)cc1F)CC2. The van der Waals surface area contributed by atoms with Crippen LogP contribution in [0.5, 0.6) is 0 Å². The number of aromatic nitrogens is 1. The molecule has 3 aliphatic heterocycles. The number of hydrogen-bond acceptors (Lipinski definition) is 7. The van der Waals surface area contributed by atoms with E-state index in [2.05, 4.69) is 20.5 Å². The van der Waals surface area contributed by atoms with Gasteiger partial charge < -0.3 is 25.2 Å². The monoisotopic (exact) mass is 705 g/mol. The van der Waals surface area contributed by atoms with Crippen LogP contribution in [0.25, 0.3) is 10.4 Å². The van der Waals surface area contributed by atoms with Crippen molar-refractivity contribution in [3.8, 4) is 10.4 Å². The van der Waals surface area contributed by atoms with Gasteiger partial charge in [-0.2, -0.15) is 0 Å². The number of ether oxygens (including phenoxy) is 1. The molecule has 8 rings (SSSR count). The van der Waals surface area contributed by atoms with Crippen molar-refractivity contribution in [3.05, 3.63) is 124 Å². The molecule has 2 fully saturated rings. The topological polar surface area (TPSA) is 104 Å². The zero-order chi connectivity index (χ0) is 35.1. The number of thiophene rings is 1. The van der Waals surface area contributed by atoms with E-state index in [0.717, 1.165) is 61.2 Å². The Morgan fingerprint density at radius 2 is 1.61 bits per heavy atom. The number of carbonyl (C=O) groups excluding carboxylic acids is 3. The summed E-state index contributed by atoms with van der Waals surface area (Å²) in [4.78, 5) is 49.8. The molecule has 5 heterocycles. The molecule has 258 valence electrons. The molecule has 0 atom stereocenters. The second-order valence-electron chi connectivity index (χ2n) is 13.1. The fourth-order valence-electron chi connectivity index (χ4n) is 7.14. The van der Waals surface area contributed by atoms with Crippen molar-refractivity contribution in [1.82, 2.24) is 4.98 Å². The van der Waals surface area contributed by atoms with Crippen molar-refractivity contribution in [2.24, 2.45) is 5.41 Å². The third kappa shape index (κ3) is 6.25. The molecular weight excluding hydrogens is 673 g/mol. The fraction of sp³-hybridized carbons (Fsp3) is 0.231. The lowest BCUT2D eigenvalue weighted by Gasteiger charge is -2.53. The van der Waals surface area contributed by atoms with Gasteiger partial charge in [0.2, 0.25) is 0 Å². The van der Waals surface area contributed by atoms with Crippen LogP contribution in [0.1, 0.15) is 48.8 Å². The molecule has 12 heteroatoms. The third-order valence-electron chi connectivity index (χ3n) is 9.84. The van der Waals surface area contributed by atoms with E-state index in [1.807, 2.05) is 12.1 Å². The van der Waals surface area contributed by atoms with Gasteiger partial charge in [-0.1, -0.05) is 30.3 Å². The van der Waals surface area contributed by atoms with Crippen LogP contribution in [-0.2, 0) is 11.2 Å². The van der Waals surface area contributed by atoms with Crippen molar-refractivity contribution >= 4 is 51.9 Å². The summed E-state index contributed by atoms with van der Waals surface area (Å²) in [7, 11) is 0. The van der Waals surface area contributed by atoms with Crippen LogP contribution in [0, 0.1) is 17.0 Å².